The number of hydrogen-bond donors (Lipinski definition) is 1. The molecule has 10 aromatic rings. The molecule has 10 heteroatoms. The number of nitrogens with zero attached hydrogens (tertiary/aromatic N) is 5. The summed E-state index contributed by atoms with van der Waals surface area (Å²) >= 11 is 0. The van der Waals surface area contributed by atoms with E-state index in [1.807, 2.05) is 66.7 Å². The molecule has 2 atom stereocenters. The highest BCUT2D eigenvalue weighted by atomic mass is 16.6. The van der Waals surface area contributed by atoms with Gasteiger partial charge in [0.25, 0.3) is 16.8 Å². The molecule has 4 heterocycles. The Hall–Kier alpha value is -7.56. The predicted molar refractivity (Wildman–Crippen MR) is 288 cm³/mol. The topological polar surface area (TPSA) is 138 Å². The summed E-state index contributed by atoms with van der Waals surface area (Å²) in [6.07, 6.45) is 16.7. The number of rotatable bonds is 16. The van der Waals surface area contributed by atoms with E-state index < -0.39 is 4.92 Å². The minimum atomic E-state index is -0.444. The molecule has 10 nitrogen and oxygen atoms in total. The fourth-order valence-corrected chi connectivity index (χ4v) is 10.7. The number of aromatic nitrogens is 4. The molecular weight excluding hydrogens is 869 g/mol. The molecule has 0 bridgehead atoms. The van der Waals surface area contributed by atoms with Crippen LogP contribution in [0.15, 0.2) is 94.5 Å². The van der Waals surface area contributed by atoms with Crippen LogP contribution < -0.4 is 16.9 Å². The van der Waals surface area contributed by atoms with E-state index in [1.165, 1.54) is 74.7 Å². The molecular formula is C60H58N6O4. The van der Waals surface area contributed by atoms with Gasteiger partial charge in [0.05, 0.1) is 21.6 Å². The molecule has 0 aliphatic rings. The SMILES string of the molecule is CCCCCCCCC(C)C#Cc1cc(N)c2nc3c4cccc5c(-c6ccc7c8c6cccc8c(=O)n6c8cc(C#CC(C)CCCCCCCC)cc([N+](=O)[O-])c8nc76)ccc(c(=O)n3c2c1)c54. The lowest BCUT2D eigenvalue weighted by Crippen LogP contribution is -2.14. The van der Waals surface area contributed by atoms with Gasteiger partial charge in [0.1, 0.15) is 16.8 Å². The molecule has 0 aliphatic carbocycles. The first-order valence-electron chi connectivity index (χ1n) is 25.4. The normalized spacial score (nSPS) is 12.7. The molecule has 352 valence electrons. The molecule has 70 heavy (non-hydrogen) atoms. The number of nitrogens with two attached hydrogens (primary N) is 1. The van der Waals surface area contributed by atoms with Gasteiger partial charge in [-0.25, -0.2) is 9.97 Å². The molecule has 2 N–H and O–H groups in total. The maximum absolute atomic E-state index is 14.7. The van der Waals surface area contributed by atoms with Gasteiger partial charge in [0, 0.05) is 61.3 Å². The van der Waals surface area contributed by atoms with Crippen molar-refractivity contribution in [3.8, 4) is 34.8 Å². The van der Waals surface area contributed by atoms with E-state index in [-0.39, 0.29) is 34.2 Å². The molecule has 0 saturated carbocycles. The third-order valence-electron chi connectivity index (χ3n) is 14.4. The van der Waals surface area contributed by atoms with Crippen LogP contribution in [0.4, 0.5) is 11.4 Å². The Bertz CT molecular complexity index is 3920. The summed E-state index contributed by atoms with van der Waals surface area (Å²) in [5.41, 5.74) is 12.0. The second kappa shape index (κ2) is 19.4. The minimum Gasteiger partial charge on any atom is -0.397 e. The van der Waals surface area contributed by atoms with E-state index in [2.05, 4.69) is 51.4 Å². The van der Waals surface area contributed by atoms with Crippen molar-refractivity contribution < 1.29 is 4.92 Å². The van der Waals surface area contributed by atoms with Gasteiger partial charge in [-0.15, -0.1) is 0 Å². The van der Waals surface area contributed by atoms with E-state index in [4.69, 9.17) is 15.7 Å². The second-order valence-corrected chi connectivity index (χ2v) is 19.4. The molecule has 0 saturated heterocycles. The van der Waals surface area contributed by atoms with Crippen LogP contribution >= 0.6 is 0 Å². The lowest BCUT2D eigenvalue weighted by atomic mass is 9.90. The van der Waals surface area contributed by atoms with E-state index in [0.717, 1.165) is 63.9 Å². The summed E-state index contributed by atoms with van der Waals surface area (Å²) in [6.45, 7) is 8.70. The first kappa shape index (κ1) is 46.2. The van der Waals surface area contributed by atoms with Crippen molar-refractivity contribution in [1.82, 2.24) is 18.8 Å². The Kier molecular flexibility index (Phi) is 12.8. The number of imidazole rings is 2. The van der Waals surface area contributed by atoms with Crippen LogP contribution in [0.3, 0.4) is 0 Å². The van der Waals surface area contributed by atoms with Crippen molar-refractivity contribution in [2.24, 2.45) is 11.8 Å². The number of unbranched alkanes of at least 4 members (excludes halogenated alkanes) is 10. The van der Waals surface area contributed by atoms with Crippen LogP contribution in [0.1, 0.15) is 129 Å². The highest BCUT2D eigenvalue weighted by Crippen LogP contribution is 2.42. The fourth-order valence-electron chi connectivity index (χ4n) is 10.7. The standard InChI is InChI=1S/C60H58N6O4/c1-5-7-9-11-13-15-19-37(3)25-27-39-33-49(61)55-50(34-39)64-57(62-55)45-23-17-21-43-42(30-32-48(53(43)45)60(64)68)41-29-31-46-54-44(41)22-18-24-47(54)59(67)65-51-35-40(36-52(66(69)70)56(51)63-58(46)65)28-26-38(4)20-16-14-12-10-8-6-2/h17-18,21-24,29-38H,5-16,19-20,61H2,1-4H3. The Balaban J connectivity index is 1.05. The van der Waals surface area contributed by atoms with Gasteiger partial charge in [-0.2, -0.15) is 0 Å². The number of pyridine rings is 2. The lowest BCUT2D eigenvalue weighted by molar-refractivity contribution is -0.383. The number of non-ortho nitro benzene ring substituents is 1. The lowest BCUT2D eigenvalue weighted by Gasteiger charge is -2.15. The summed E-state index contributed by atoms with van der Waals surface area (Å²) in [5, 5.41) is 18.3. The monoisotopic (exact) mass is 926 g/mol. The Morgan fingerprint density at radius 2 is 1.01 bits per heavy atom. The van der Waals surface area contributed by atoms with E-state index >= 15 is 0 Å². The van der Waals surface area contributed by atoms with Crippen molar-refractivity contribution in [2.45, 2.75) is 118 Å². The zero-order valence-electron chi connectivity index (χ0n) is 40.6. The minimum absolute atomic E-state index is 0.124. The Morgan fingerprint density at radius 3 is 1.57 bits per heavy atom. The van der Waals surface area contributed by atoms with Crippen LogP contribution in [0.25, 0.3) is 87.6 Å². The van der Waals surface area contributed by atoms with E-state index in [9.17, 15) is 19.7 Å². The first-order chi connectivity index (χ1) is 34.1. The van der Waals surface area contributed by atoms with Gasteiger partial charge >= 0.3 is 0 Å². The van der Waals surface area contributed by atoms with E-state index in [0.29, 0.717) is 60.6 Å². The third kappa shape index (κ3) is 8.30. The molecule has 0 radical (unpaired) electrons. The first-order valence-corrected chi connectivity index (χ1v) is 25.4. The Labute approximate surface area is 406 Å². The van der Waals surface area contributed by atoms with Crippen LogP contribution in [0.2, 0.25) is 0 Å². The smallest absolute Gasteiger partial charge is 0.298 e. The van der Waals surface area contributed by atoms with Crippen molar-refractivity contribution in [3.05, 3.63) is 127 Å². The molecule has 10 rings (SSSR count). The molecule has 2 unspecified atom stereocenters. The van der Waals surface area contributed by atoms with E-state index in [1.54, 1.807) is 16.5 Å². The number of benzene rings is 6. The summed E-state index contributed by atoms with van der Waals surface area (Å²) < 4.78 is 3.18. The third-order valence-corrected chi connectivity index (χ3v) is 14.4. The second-order valence-electron chi connectivity index (χ2n) is 19.4. The van der Waals surface area contributed by atoms with Crippen LogP contribution in [0.5, 0.6) is 0 Å². The van der Waals surface area contributed by atoms with Crippen molar-refractivity contribution in [3.63, 3.8) is 0 Å². The maximum Gasteiger partial charge on any atom is 0.298 e. The van der Waals surface area contributed by atoms with Gasteiger partial charge in [0.2, 0.25) is 0 Å². The van der Waals surface area contributed by atoms with Crippen LogP contribution in [-0.2, 0) is 0 Å². The van der Waals surface area contributed by atoms with Gasteiger partial charge in [-0.05, 0) is 71.1 Å². The number of fused-ring (bicyclic) bond motifs is 8. The summed E-state index contributed by atoms with van der Waals surface area (Å²) in [6, 6.07) is 26.5. The summed E-state index contributed by atoms with van der Waals surface area (Å²) in [5.74, 6) is 13.6. The number of hydrogen-bond acceptors (Lipinski definition) is 7. The molecule has 6 aromatic carbocycles. The largest absolute Gasteiger partial charge is 0.397 e. The molecule has 0 amide bonds. The molecule has 0 fully saturated rings. The summed E-state index contributed by atoms with van der Waals surface area (Å²) in [4.78, 5) is 51.4. The highest BCUT2D eigenvalue weighted by molar-refractivity contribution is 6.24. The van der Waals surface area contributed by atoms with Crippen LogP contribution in [0, 0.1) is 45.6 Å². The zero-order valence-corrected chi connectivity index (χ0v) is 40.6. The van der Waals surface area contributed by atoms with Crippen molar-refractivity contribution in [1.29, 1.82) is 0 Å². The average Bonchev–Trinajstić information content (AvgIpc) is 3.95. The van der Waals surface area contributed by atoms with Gasteiger partial charge in [-0.3, -0.25) is 28.5 Å². The molecule has 0 aliphatic heterocycles. The zero-order chi connectivity index (χ0) is 48.6. The number of anilines is 1. The van der Waals surface area contributed by atoms with Crippen molar-refractivity contribution >= 4 is 87.8 Å². The van der Waals surface area contributed by atoms with Gasteiger partial charge < -0.3 is 5.73 Å². The fraction of sp³-hybridized carbons (Fsp3) is 0.333. The maximum atomic E-state index is 14.7. The van der Waals surface area contributed by atoms with Gasteiger partial charge in [0.15, 0.2) is 5.52 Å². The quantitative estimate of drug-likeness (QED) is 0.0335. The summed E-state index contributed by atoms with van der Waals surface area (Å²) in [7, 11) is 0. The number of nitro benzene ring substituents is 1. The Morgan fingerprint density at radius 1 is 0.571 bits per heavy atom. The highest BCUT2D eigenvalue weighted by Gasteiger charge is 2.25. The van der Waals surface area contributed by atoms with Crippen molar-refractivity contribution in [2.75, 3.05) is 5.73 Å². The molecule has 0 spiro atoms. The molecule has 4 aromatic heterocycles. The van der Waals surface area contributed by atoms with Gasteiger partial charge in [-0.1, -0.05) is 171 Å². The number of nitrogen functional groups attached to an aromatic ring is 1. The van der Waals surface area contributed by atoms with Crippen LogP contribution in [-0.4, -0.2) is 23.7 Å². The predicted octanol–water partition coefficient (Wildman–Crippen LogP) is 14.1. The number of nitro groups is 1. The average molecular weight is 927 g/mol.